The van der Waals surface area contributed by atoms with Crippen molar-refractivity contribution in [1.29, 1.82) is 0 Å². The maximum absolute atomic E-state index is 12.8. The maximum atomic E-state index is 12.8. The van der Waals surface area contributed by atoms with E-state index in [1.807, 2.05) is 0 Å². The molecule has 19 heavy (non-hydrogen) atoms. The van der Waals surface area contributed by atoms with E-state index < -0.39 is 15.8 Å². The molecule has 7 heteroatoms. The molecule has 0 radical (unpaired) electrons. The van der Waals surface area contributed by atoms with Crippen LogP contribution in [0.25, 0.3) is 0 Å². The van der Waals surface area contributed by atoms with Crippen molar-refractivity contribution in [3.63, 3.8) is 0 Å². The third-order valence-corrected chi connectivity index (χ3v) is 4.45. The molecule has 0 aliphatic carbocycles. The Hall–Kier alpha value is -1.02. The Balaban J connectivity index is 2.93. The molecule has 0 heterocycles. The van der Waals surface area contributed by atoms with Gasteiger partial charge in [-0.05, 0) is 24.3 Å². The van der Waals surface area contributed by atoms with Gasteiger partial charge < -0.3 is 9.47 Å². The summed E-state index contributed by atoms with van der Waals surface area (Å²) in [6.45, 7) is 1.01. The molecule has 0 spiro atoms. The fourth-order valence-electron chi connectivity index (χ4n) is 1.49. The summed E-state index contributed by atoms with van der Waals surface area (Å²) in [7, 11) is -0.658. The van der Waals surface area contributed by atoms with Crippen molar-refractivity contribution in [2.24, 2.45) is 0 Å². The molecule has 0 bridgehead atoms. The zero-order valence-electron chi connectivity index (χ0n) is 11.0. The number of halogens is 1. The number of rotatable bonds is 8. The van der Waals surface area contributed by atoms with Crippen molar-refractivity contribution in [3.8, 4) is 0 Å². The second-order valence-corrected chi connectivity index (χ2v) is 5.78. The van der Waals surface area contributed by atoms with Gasteiger partial charge in [-0.3, -0.25) is 0 Å². The van der Waals surface area contributed by atoms with Crippen LogP contribution in [0, 0.1) is 5.82 Å². The Kier molecular flexibility index (Phi) is 6.36. The topological polar surface area (TPSA) is 55.8 Å². The Morgan fingerprint density at radius 2 is 1.53 bits per heavy atom. The number of hydrogen-bond donors (Lipinski definition) is 0. The summed E-state index contributed by atoms with van der Waals surface area (Å²) >= 11 is 0. The molecule has 5 nitrogen and oxygen atoms in total. The van der Waals surface area contributed by atoms with E-state index in [2.05, 4.69) is 0 Å². The minimum absolute atomic E-state index is 0.0566. The second-order valence-electron chi connectivity index (χ2n) is 3.84. The molecular formula is C12H18FNO4S. The first-order valence-corrected chi connectivity index (χ1v) is 7.20. The van der Waals surface area contributed by atoms with Crippen LogP contribution in [0.15, 0.2) is 29.2 Å². The minimum Gasteiger partial charge on any atom is -0.383 e. The number of nitrogens with zero attached hydrogens (tertiary/aromatic N) is 1. The monoisotopic (exact) mass is 291 g/mol. The van der Waals surface area contributed by atoms with E-state index in [1.54, 1.807) is 0 Å². The van der Waals surface area contributed by atoms with Gasteiger partial charge in [0.15, 0.2) is 0 Å². The average Bonchev–Trinajstić information content (AvgIpc) is 2.39. The lowest BCUT2D eigenvalue weighted by atomic mass is 10.4. The van der Waals surface area contributed by atoms with Crippen LogP contribution in [0.5, 0.6) is 0 Å². The van der Waals surface area contributed by atoms with Gasteiger partial charge in [-0.2, -0.15) is 4.31 Å². The largest absolute Gasteiger partial charge is 0.383 e. The zero-order chi connectivity index (χ0) is 14.3. The van der Waals surface area contributed by atoms with Gasteiger partial charge in [0.1, 0.15) is 5.82 Å². The predicted octanol–water partition coefficient (Wildman–Crippen LogP) is 1.11. The molecule has 0 saturated heterocycles. The molecule has 0 aromatic heterocycles. The van der Waals surface area contributed by atoms with Crippen LogP contribution in [-0.4, -0.2) is 53.2 Å². The van der Waals surface area contributed by atoms with E-state index in [0.29, 0.717) is 0 Å². The molecule has 0 fully saturated rings. The van der Waals surface area contributed by atoms with Gasteiger partial charge in [0.25, 0.3) is 0 Å². The van der Waals surface area contributed by atoms with Gasteiger partial charge in [0.05, 0.1) is 18.1 Å². The van der Waals surface area contributed by atoms with E-state index in [-0.39, 0.29) is 31.2 Å². The van der Waals surface area contributed by atoms with Crippen molar-refractivity contribution in [3.05, 3.63) is 30.1 Å². The second kappa shape index (κ2) is 7.54. The van der Waals surface area contributed by atoms with Crippen molar-refractivity contribution in [1.82, 2.24) is 4.31 Å². The summed E-state index contributed by atoms with van der Waals surface area (Å²) in [5.74, 6) is -0.473. The SMILES string of the molecule is COCCN(CCOC)S(=O)(=O)c1ccc(F)cc1. The normalized spacial score (nSPS) is 12.0. The first-order valence-electron chi connectivity index (χ1n) is 5.76. The highest BCUT2D eigenvalue weighted by Crippen LogP contribution is 2.15. The van der Waals surface area contributed by atoms with E-state index in [4.69, 9.17) is 9.47 Å². The van der Waals surface area contributed by atoms with Crippen molar-refractivity contribution in [2.75, 3.05) is 40.5 Å². The van der Waals surface area contributed by atoms with Crippen molar-refractivity contribution in [2.45, 2.75) is 4.90 Å². The number of sulfonamides is 1. The minimum atomic E-state index is -3.66. The third kappa shape index (κ3) is 4.54. The highest BCUT2D eigenvalue weighted by atomic mass is 32.2. The third-order valence-electron chi connectivity index (χ3n) is 2.54. The molecule has 1 aromatic carbocycles. The Labute approximate surface area is 113 Å². The van der Waals surface area contributed by atoms with Gasteiger partial charge in [-0.15, -0.1) is 0 Å². The van der Waals surface area contributed by atoms with Gasteiger partial charge in [-0.25, -0.2) is 12.8 Å². The summed E-state index contributed by atoms with van der Waals surface area (Å²) in [4.78, 5) is 0.0566. The quantitative estimate of drug-likeness (QED) is 0.720. The zero-order valence-corrected chi connectivity index (χ0v) is 11.8. The Morgan fingerprint density at radius 3 is 1.95 bits per heavy atom. The highest BCUT2D eigenvalue weighted by Gasteiger charge is 2.23. The lowest BCUT2D eigenvalue weighted by Crippen LogP contribution is -2.36. The van der Waals surface area contributed by atoms with Crippen molar-refractivity contribution < 1.29 is 22.3 Å². The van der Waals surface area contributed by atoms with Crippen LogP contribution in [0.3, 0.4) is 0 Å². The molecule has 1 rings (SSSR count). The number of benzene rings is 1. The fourth-order valence-corrected chi connectivity index (χ4v) is 2.90. The first-order chi connectivity index (χ1) is 9.02. The van der Waals surface area contributed by atoms with E-state index in [0.717, 1.165) is 12.1 Å². The summed E-state index contributed by atoms with van der Waals surface area (Å²) in [6, 6.07) is 4.74. The van der Waals surface area contributed by atoms with Gasteiger partial charge in [0, 0.05) is 27.3 Å². The van der Waals surface area contributed by atoms with Crippen LogP contribution in [0.4, 0.5) is 4.39 Å². The molecule has 0 amide bonds. The molecule has 0 N–H and O–H groups in total. The first kappa shape index (κ1) is 16.0. The van der Waals surface area contributed by atoms with Gasteiger partial charge >= 0.3 is 0 Å². The van der Waals surface area contributed by atoms with Crippen LogP contribution in [0.2, 0.25) is 0 Å². The molecule has 0 aliphatic rings. The van der Waals surface area contributed by atoms with Gasteiger partial charge in [0.2, 0.25) is 10.0 Å². The number of ether oxygens (including phenoxy) is 2. The standard InChI is InChI=1S/C12H18FNO4S/c1-17-9-7-14(8-10-18-2)19(15,16)12-5-3-11(13)4-6-12/h3-6H,7-10H2,1-2H3. The van der Waals surface area contributed by atoms with Crippen LogP contribution in [0.1, 0.15) is 0 Å². The fraction of sp³-hybridized carbons (Fsp3) is 0.500. The predicted molar refractivity (Wildman–Crippen MR) is 68.9 cm³/mol. The summed E-state index contributed by atoms with van der Waals surface area (Å²) in [5, 5.41) is 0. The molecule has 108 valence electrons. The maximum Gasteiger partial charge on any atom is 0.243 e. The van der Waals surface area contributed by atoms with Crippen molar-refractivity contribution >= 4 is 10.0 Å². The Bertz CT molecular complexity index is 467. The molecule has 0 unspecified atom stereocenters. The van der Waals surface area contributed by atoms with Gasteiger partial charge in [-0.1, -0.05) is 0 Å². The van der Waals surface area contributed by atoms with E-state index >= 15 is 0 Å². The molecule has 0 saturated carbocycles. The summed E-state index contributed by atoms with van der Waals surface area (Å²) in [6.07, 6.45) is 0. The molecule has 1 aromatic rings. The van der Waals surface area contributed by atoms with Crippen LogP contribution >= 0.6 is 0 Å². The summed E-state index contributed by atoms with van der Waals surface area (Å²) in [5.41, 5.74) is 0. The molecular weight excluding hydrogens is 273 g/mol. The summed E-state index contributed by atoms with van der Waals surface area (Å²) < 4.78 is 48.6. The highest BCUT2D eigenvalue weighted by molar-refractivity contribution is 7.89. The Morgan fingerprint density at radius 1 is 1.05 bits per heavy atom. The van der Waals surface area contributed by atoms with E-state index in [1.165, 1.54) is 30.7 Å². The molecule has 0 aliphatic heterocycles. The lowest BCUT2D eigenvalue weighted by Gasteiger charge is -2.21. The van der Waals surface area contributed by atoms with Crippen LogP contribution in [-0.2, 0) is 19.5 Å². The van der Waals surface area contributed by atoms with E-state index in [9.17, 15) is 12.8 Å². The number of methoxy groups -OCH3 is 2. The number of hydrogen-bond acceptors (Lipinski definition) is 4. The smallest absolute Gasteiger partial charge is 0.243 e. The molecule has 0 atom stereocenters. The average molecular weight is 291 g/mol. The van der Waals surface area contributed by atoms with Crippen LogP contribution < -0.4 is 0 Å². The lowest BCUT2D eigenvalue weighted by molar-refractivity contribution is 0.150.